The molecule has 1 aliphatic carbocycles. The lowest BCUT2D eigenvalue weighted by Crippen LogP contribution is -2.23. The number of amides is 1. The summed E-state index contributed by atoms with van der Waals surface area (Å²) in [5.74, 6) is 1.07. The maximum Gasteiger partial charge on any atom is 0.224 e. The number of nitrogens with zero attached hydrogens (tertiary/aromatic N) is 2. The van der Waals surface area contributed by atoms with Crippen molar-refractivity contribution >= 4 is 5.91 Å². The molecule has 0 atom stereocenters. The highest BCUT2D eigenvalue weighted by atomic mass is 16.5. The Morgan fingerprint density at radius 2 is 2.41 bits per heavy atom. The number of rotatable bonds is 4. The molecule has 5 nitrogen and oxygen atoms in total. The van der Waals surface area contributed by atoms with E-state index >= 15 is 0 Å². The number of carbonyl (C=O) groups excluding carboxylic acids is 1. The molecular weight excluding hydrogens is 218 g/mol. The SMILES string of the molecule is Cc1nc(CNC(=O)CC2=CCCCC2)no1. The molecule has 0 fully saturated rings. The highest BCUT2D eigenvalue weighted by Gasteiger charge is 2.10. The summed E-state index contributed by atoms with van der Waals surface area (Å²) >= 11 is 0. The molecule has 0 unspecified atom stereocenters. The largest absolute Gasteiger partial charge is 0.348 e. The van der Waals surface area contributed by atoms with Gasteiger partial charge in [-0.3, -0.25) is 4.79 Å². The smallest absolute Gasteiger partial charge is 0.224 e. The van der Waals surface area contributed by atoms with Crippen molar-refractivity contribution in [2.24, 2.45) is 0 Å². The molecule has 17 heavy (non-hydrogen) atoms. The summed E-state index contributed by atoms with van der Waals surface area (Å²) in [5, 5.41) is 6.51. The molecule has 1 amide bonds. The van der Waals surface area contributed by atoms with Crippen molar-refractivity contribution < 1.29 is 9.32 Å². The van der Waals surface area contributed by atoms with Gasteiger partial charge in [0.05, 0.1) is 6.54 Å². The monoisotopic (exact) mass is 235 g/mol. The number of hydrogen-bond acceptors (Lipinski definition) is 4. The van der Waals surface area contributed by atoms with Crippen LogP contribution in [0.1, 0.15) is 43.8 Å². The fourth-order valence-corrected chi connectivity index (χ4v) is 1.92. The van der Waals surface area contributed by atoms with Crippen molar-refractivity contribution in [3.63, 3.8) is 0 Å². The van der Waals surface area contributed by atoms with E-state index in [1.807, 2.05) is 0 Å². The number of carbonyl (C=O) groups is 1. The molecule has 1 N–H and O–H groups in total. The Bertz CT molecular complexity index is 423. The molecule has 0 aromatic carbocycles. The van der Waals surface area contributed by atoms with Crippen LogP contribution in [0, 0.1) is 6.92 Å². The zero-order valence-electron chi connectivity index (χ0n) is 10.0. The zero-order valence-corrected chi connectivity index (χ0v) is 10.0. The molecule has 0 saturated heterocycles. The third-order valence-electron chi connectivity index (χ3n) is 2.79. The summed E-state index contributed by atoms with van der Waals surface area (Å²) in [7, 11) is 0. The van der Waals surface area contributed by atoms with Crippen molar-refractivity contribution in [3.05, 3.63) is 23.4 Å². The van der Waals surface area contributed by atoms with E-state index in [1.165, 1.54) is 18.4 Å². The Kier molecular flexibility index (Phi) is 3.90. The second kappa shape index (κ2) is 5.61. The molecule has 92 valence electrons. The fourth-order valence-electron chi connectivity index (χ4n) is 1.92. The minimum atomic E-state index is 0.0283. The first kappa shape index (κ1) is 11.8. The van der Waals surface area contributed by atoms with Gasteiger partial charge in [-0.05, 0) is 25.7 Å². The first-order chi connectivity index (χ1) is 8.24. The number of hydrogen-bond donors (Lipinski definition) is 1. The molecule has 1 aliphatic rings. The van der Waals surface area contributed by atoms with Gasteiger partial charge in [0.1, 0.15) is 0 Å². The Labute approximate surface area is 100 Å². The van der Waals surface area contributed by atoms with Gasteiger partial charge in [0.2, 0.25) is 11.8 Å². The highest BCUT2D eigenvalue weighted by molar-refractivity contribution is 5.78. The van der Waals surface area contributed by atoms with Crippen LogP contribution in [0.15, 0.2) is 16.2 Å². The van der Waals surface area contributed by atoms with E-state index in [1.54, 1.807) is 6.92 Å². The van der Waals surface area contributed by atoms with E-state index < -0.39 is 0 Å². The van der Waals surface area contributed by atoms with Gasteiger partial charge in [-0.15, -0.1) is 0 Å². The topological polar surface area (TPSA) is 68.0 Å². The van der Waals surface area contributed by atoms with Crippen LogP contribution >= 0.6 is 0 Å². The molecule has 1 aromatic rings. The third kappa shape index (κ3) is 3.69. The Morgan fingerprint density at radius 1 is 1.53 bits per heavy atom. The normalized spacial score (nSPS) is 15.5. The summed E-state index contributed by atoms with van der Waals surface area (Å²) in [6.07, 6.45) is 7.27. The van der Waals surface area contributed by atoms with Crippen LogP contribution in [-0.4, -0.2) is 16.0 Å². The fraction of sp³-hybridized carbons (Fsp3) is 0.583. The molecule has 0 bridgehead atoms. The van der Waals surface area contributed by atoms with Gasteiger partial charge in [-0.2, -0.15) is 4.98 Å². The quantitative estimate of drug-likeness (QED) is 0.809. The first-order valence-corrected chi connectivity index (χ1v) is 5.98. The summed E-state index contributed by atoms with van der Waals surface area (Å²) in [5.41, 5.74) is 1.25. The lowest BCUT2D eigenvalue weighted by Gasteiger charge is -2.11. The molecule has 0 aliphatic heterocycles. The van der Waals surface area contributed by atoms with E-state index in [-0.39, 0.29) is 5.91 Å². The molecule has 1 heterocycles. The maximum atomic E-state index is 11.7. The molecule has 0 spiro atoms. The number of allylic oxidation sites excluding steroid dienone is 1. The molecule has 2 rings (SSSR count). The lowest BCUT2D eigenvalue weighted by molar-refractivity contribution is -0.120. The maximum absolute atomic E-state index is 11.7. The zero-order chi connectivity index (χ0) is 12.1. The number of aromatic nitrogens is 2. The van der Waals surface area contributed by atoms with E-state index in [0.29, 0.717) is 24.7 Å². The van der Waals surface area contributed by atoms with Gasteiger partial charge in [-0.25, -0.2) is 0 Å². The Balaban J connectivity index is 1.75. The van der Waals surface area contributed by atoms with Crippen LogP contribution in [0.25, 0.3) is 0 Å². The Hall–Kier alpha value is -1.65. The average molecular weight is 235 g/mol. The lowest BCUT2D eigenvalue weighted by atomic mass is 9.97. The minimum absolute atomic E-state index is 0.0283. The van der Waals surface area contributed by atoms with E-state index in [9.17, 15) is 4.79 Å². The van der Waals surface area contributed by atoms with Gasteiger partial charge in [0, 0.05) is 13.3 Å². The third-order valence-corrected chi connectivity index (χ3v) is 2.79. The average Bonchev–Trinajstić information content (AvgIpc) is 2.74. The number of aryl methyl sites for hydroxylation is 1. The van der Waals surface area contributed by atoms with Crippen LogP contribution < -0.4 is 5.32 Å². The van der Waals surface area contributed by atoms with Crippen molar-refractivity contribution in [1.82, 2.24) is 15.5 Å². The first-order valence-electron chi connectivity index (χ1n) is 5.98. The molecule has 1 aromatic heterocycles. The van der Waals surface area contributed by atoms with E-state index in [4.69, 9.17) is 4.52 Å². The summed E-state index contributed by atoms with van der Waals surface area (Å²) in [6, 6.07) is 0. The summed E-state index contributed by atoms with van der Waals surface area (Å²) < 4.78 is 4.82. The second-order valence-electron chi connectivity index (χ2n) is 4.29. The highest BCUT2D eigenvalue weighted by Crippen LogP contribution is 2.19. The minimum Gasteiger partial charge on any atom is -0.348 e. The van der Waals surface area contributed by atoms with Crippen molar-refractivity contribution in [3.8, 4) is 0 Å². The predicted octanol–water partition coefficient (Wildman–Crippen LogP) is 1.88. The van der Waals surface area contributed by atoms with Crippen molar-refractivity contribution in [2.45, 2.75) is 45.6 Å². The van der Waals surface area contributed by atoms with Gasteiger partial charge in [0.25, 0.3) is 0 Å². The van der Waals surface area contributed by atoms with Gasteiger partial charge in [-0.1, -0.05) is 16.8 Å². The van der Waals surface area contributed by atoms with Crippen LogP contribution in [-0.2, 0) is 11.3 Å². The predicted molar refractivity (Wildman–Crippen MR) is 62.0 cm³/mol. The second-order valence-corrected chi connectivity index (χ2v) is 4.29. The van der Waals surface area contributed by atoms with Crippen molar-refractivity contribution in [1.29, 1.82) is 0 Å². The Morgan fingerprint density at radius 3 is 3.06 bits per heavy atom. The number of nitrogens with one attached hydrogen (secondary N) is 1. The van der Waals surface area contributed by atoms with Crippen LogP contribution in [0.3, 0.4) is 0 Å². The van der Waals surface area contributed by atoms with Crippen LogP contribution in [0.5, 0.6) is 0 Å². The van der Waals surface area contributed by atoms with Gasteiger partial charge in [0.15, 0.2) is 5.82 Å². The van der Waals surface area contributed by atoms with E-state index in [2.05, 4.69) is 21.5 Å². The van der Waals surface area contributed by atoms with Crippen molar-refractivity contribution in [2.75, 3.05) is 0 Å². The van der Waals surface area contributed by atoms with Crippen LogP contribution in [0.4, 0.5) is 0 Å². The summed E-state index contributed by atoms with van der Waals surface area (Å²) in [4.78, 5) is 15.7. The molecule has 0 saturated carbocycles. The molecule has 0 radical (unpaired) electrons. The van der Waals surface area contributed by atoms with Gasteiger partial charge < -0.3 is 9.84 Å². The molecule has 5 heteroatoms. The van der Waals surface area contributed by atoms with E-state index in [0.717, 1.165) is 12.8 Å². The summed E-state index contributed by atoms with van der Waals surface area (Å²) in [6.45, 7) is 2.06. The van der Waals surface area contributed by atoms with Gasteiger partial charge >= 0.3 is 0 Å². The molecular formula is C12H17N3O2. The standard InChI is InChI=1S/C12H17N3O2/c1-9-14-11(15-17-9)8-13-12(16)7-10-5-3-2-4-6-10/h5H,2-4,6-8H2,1H3,(H,13,16). The van der Waals surface area contributed by atoms with Crippen LogP contribution in [0.2, 0.25) is 0 Å².